The summed E-state index contributed by atoms with van der Waals surface area (Å²) in [7, 11) is -3.28. The van der Waals surface area contributed by atoms with Crippen LogP contribution in [0.2, 0.25) is 0 Å². The van der Waals surface area contributed by atoms with E-state index < -0.39 is 16.1 Å². The van der Waals surface area contributed by atoms with E-state index in [1.165, 1.54) is 6.92 Å². The molecule has 78 valence electrons. The summed E-state index contributed by atoms with van der Waals surface area (Å²) in [4.78, 5) is 11.0. The maximum absolute atomic E-state index is 11.0. The first-order valence-corrected chi connectivity index (χ1v) is 6.09. The molecule has 1 N–H and O–H groups in total. The van der Waals surface area contributed by atoms with Gasteiger partial charge in [-0.3, -0.25) is 4.79 Å². The number of Topliss-reactive ketones (excluding diaryl/α,β-unsaturated/α-hetero) is 1. The third kappa shape index (κ3) is 6.72. The first-order chi connectivity index (χ1) is 5.72. The lowest BCUT2D eigenvalue weighted by molar-refractivity contribution is -0.118. The summed E-state index contributed by atoms with van der Waals surface area (Å²) >= 11 is 0. The predicted molar refractivity (Wildman–Crippen MR) is 51.9 cm³/mol. The lowest BCUT2D eigenvalue weighted by atomic mass is 10.0. The van der Waals surface area contributed by atoms with Gasteiger partial charge in [0.1, 0.15) is 5.78 Å². The second kappa shape index (κ2) is 4.72. The van der Waals surface area contributed by atoms with Crippen LogP contribution >= 0.6 is 0 Å². The topological polar surface area (TPSA) is 63.2 Å². The third-order valence-electron chi connectivity index (χ3n) is 1.55. The van der Waals surface area contributed by atoms with E-state index in [2.05, 4.69) is 4.72 Å². The van der Waals surface area contributed by atoms with Crippen molar-refractivity contribution in [1.82, 2.24) is 4.72 Å². The Balaban J connectivity index is 4.37. The van der Waals surface area contributed by atoms with Gasteiger partial charge in [0.05, 0.1) is 12.3 Å². The number of nitrogens with one attached hydrogen (secondary N) is 1. The van der Waals surface area contributed by atoms with Crippen molar-refractivity contribution in [3.05, 3.63) is 0 Å². The molecule has 0 radical (unpaired) electrons. The highest BCUT2D eigenvalue weighted by Gasteiger charge is 2.19. The lowest BCUT2D eigenvalue weighted by Crippen LogP contribution is -2.39. The number of rotatable bonds is 5. The normalized spacial score (nSPS) is 14.5. The molecule has 0 unspecified atom stereocenters. The van der Waals surface area contributed by atoms with Gasteiger partial charge in [-0.15, -0.1) is 0 Å². The van der Waals surface area contributed by atoms with Crippen LogP contribution in [0.15, 0.2) is 0 Å². The summed E-state index contributed by atoms with van der Waals surface area (Å²) in [6.45, 7) is 5.28. The molecule has 0 aromatic carbocycles. The minimum absolute atomic E-state index is 0.140. The summed E-state index contributed by atoms with van der Waals surface area (Å²) in [6, 6.07) is -0.574. The van der Waals surface area contributed by atoms with Gasteiger partial charge in [-0.05, 0) is 19.3 Å². The van der Waals surface area contributed by atoms with Gasteiger partial charge < -0.3 is 0 Å². The van der Waals surface area contributed by atoms with Gasteiger partial charge in [0.25, 0.3) is 0 Å². The molecule has 0 aromatic rings. The Kier molecular flexibility index (Phi) is 4.56. The Bertz CT molecular complexity index is 269. The van der Waals surface area contributed by atoms with Crippen molar-refractivity contribution >= 4 is 15.8 Å². The Morgan fingerprint density at radius 1 is 1.38 bits per heavy atom. The summed E-state index contributed by atoms with van der Waals surface area (Å²) in [5.74, 6) is 0.155. The molecule has 0 aromatic heterocycles. The van der Waals surface area contributed by atoms with Gasteiger partial charge in [-0.25, -0.2) is 13.1 Å². The number of sulfonamides is 1. The summed E-state index contributed by atoms with van der Waals surface area (Å²) in [5, 5.41) is 0. The monoisotopic (exact) mass is 207 g/mol. The van der Waals surface area contributed by atoms with E-state index in [0.29, 0.717) is 12.3 Å². The van der Waals surface area contributed by atoms with Crippen LogP contribution in [0.3, 0.4) is 0 Å². The molecule has 0 amide bonds. The van der Waals surface area contributed by atoms with Crippen LogP contribution in [-0.4, -0.2) is 26.5 Å². The highest BCUT2D eigenvalue weighted by atomic mass is 32.2. The van der Waals surface area contributed by atoms with Crippen LogP contribution in [-0.2, 0) is 14.8 Å². The highest BCUT2D eigenvalue weighted by molar-refractivity contribution is 7.88. The van der Waals surface area contributed by atoms with E-state index in [-0.39, 0.29) is 5.78 Å². The van der Waals surface area contributed by atoms with Gasteiger partial charge in [0, 0.05) is 0 Å². The van der Waals surface area contributed by atoms with Crippen molar-refractivity contribution in [2.24, 2.45) is 5.92 Å². The van der Waals surface area contributed by atoms with Gasteiger partial charge in [-0.2, -0.15) is 0 Å². The second-order valence-corrected chi connectivity index (χ2v) is 5.46. The Morgan fingerprint density at radius 2 is 1.85 bits per heavy atom. The molecule has 0 rings (SSSR count). The molecule has 13 heavy (non-hydrogen) atoms. The fourth-order valence-electron chi connectivity index (χ4n) is 1.03. The van der Waals surface area contributed by atoms with Gasteiger partial charge in [0.2, 0.25) is 10.0 Å². The van der Waals surface area contributed by atoms with Crippen LogP contribution in [0.25, 0.3) is 0 Å². The van der Waals surface area contributed by atoms with Crippen LogP contribution in [0.1, 0.15) is 27.2 Å². The Morgan fingerprint density at radius 3 is 2.08 bits per heavy atom. The average molecular weight is 207 g/mol. The van der Waals surface area contributed by atoms with Crippen molar-refractivity contribution < 1.29 is 13.2 Å². The molecule has 0 heterocycles. The molecule has 0 fully saturated rings. The smallest absolute Gasteiger partial charge is 0.209 e. The molecule has 0 bridgehead atoms. The van der Waals surface area contributed by atoms with Gasteiger partial charge in [0.15, 0.2) is 0 Å². The first-order valence-electron chi connectivity index (χ1n) is 4.20. The summed E-state index contributed by atoms with van der Waals surface area (Å²) in [6.07, 6.45) is 1.60. The van der Waals surface area contributed by atoms with E-state index in [1.807, 2.05) is 13.8 Å². The zero-order valence-electron chi connectivity index (χ0n) is 8.49. The standard InChI is InChI=1S/C8H17NO3S/c1-6(2)5-8(7(3)10)9-13(4,11)12/h6,8-9H,5H2,1-4H3/t8-/m1/s1. The summed E-state index contributed by atoms with van der Waals surface area (Å²) in [5.41, 5.74) is 0. The van der Waals surface area contributed by atoms with E-state index in [0.717, 1.165) is 6.26 Å². The maximum atomic E-state index is 11.0. The van der Waals surface area contributed by atoms with Crippen LogP contribution in [0, 0.1) is 5.92 Å². The van der Waals surface area contributed by atoms with Crippen molar-refractivity contribution in [2.75, 3.05) is 6.26 Å². The van der Waals surface area contributed by atoms with E-state index >= 15 is 0 Å². The third-order valence-corrected chi connectivity index (χ3v) is 2.27. The average Bonchev–Trinajstić information content (AvgIpc) is 1.81. The molecule has 0 spiro atoms. The SMILES string of the molecule is CC(=O)[C@@H](CC(C)C)NS(C)(=O)=O. The lowest BCUT2D eigenvalue weighted by Gasteiger charge is -2.16. The van der Waals surface area contributed by atoms with Crippen molar-refractivity contribution in [1.29, 1.82) is 0 Å². The molecule has 1 atom stereocenters. The van der Waals surface area contributed by atoms with E-state index in [1.54, 1.807) is 0 Å². The van der Waals surface area contributed by atoms with E-state index in [4.69, 9.17) is 0 Å². The molecule has 0 saturated carbocycles. The highest BCUT2D eigenvalue weighted by Crippen LogP contribution is 2.06. The van der Waals surface area contributed by atoms with Gasteiger partial charge in [-0.1, -0.05) is 13.8 Å². The molecule has 5 heteroatoms. The van der Waals surface area contributed by atoms with Crippen molar-refractivity contribution in [3.8, 4) is 0 Å². The van der Waals surface area contributed by atoms with Crippen LogP contribution in [0.5, 0.6) is 0 Å². The zero-order chi connectivity index (χ0) is 10.6. The number of hydrogen-bond acceptors (Lipinski definition) is 3. The van der Waals surface area contributed by atoms with Crippen molar-refractivity contribution in [2.45, 2.75) is 33.2 Å². The zero-order valence-corrected chi connectivity index (χ0v) is 9.31. The van der Waals surface area contributed by atoms with E-state index in [9.17, 15) is 13.2 Å². The minimum Gasteiger partial charge on any atom is -0.298 e. The Hall–Kier alpha value is -0.420. The number of hydrogen-bond donors (Lipinski definition) is 1. The Labute approximate surface area is 79.8 Å². The fraction of sp³-hybridized carbons (Fsp3) is 0.875. The summed E-state index contributed by atoms with van der Waals surface area (Å²) < 4.78 is 24.0. The second-order valence-electron chi connectivity index (χ2n) is 3.68. The fourth-order valence-corrected chi connectivity index (χ4v) is 1.81. The predicted octanol–water partition coefficient (Wildman–Crippen LogP) is 0.539. The molecular formula is C8H17NO3S. The van der Waals surface area contributed by atoms with Crippen LogP contribution in [0.4, 0.5) is 0 Å². The molecular weight excluding hydrogens is 190 g/mol. The first kappa shape index (κ1) is 12.6. The minimum atomic E-state index is -3.28. The molecule has 0 aliphatic carbocycles. The quantitative estimate of drug-likeness (QED) is 0.715. The number of carbonyl (C=O) groups is 1. The number of carbonyl (C=O) groups excluding carboxylic acids is 1. The molecule has 0 aliphatic rings. The number of ketones is 1. The van der Waals surface area contributed by atoms with Crippen LogP contribution < -0.4 is 4.72 Å². The largest absolute Gasteiger partial charge is 0.298 e. The van der Waals surface area contributed by atoms with Gasteiger partial charge >= 0.3 is 0 Å². The molecule has 4 nitrogen and oxygen atoms in total. The maximum Gasteiger partial charge on any atom is 0.209 e. The molecule has 0 saturated heterocycles. The van der Waals surface area contributed by atoms with Crippen molar-refractivity contribution in [3.63, 3.8) is 0 Å². The molecule has 0 aliphatic heterocycles.